The summed E-state index contributed by atoms with van der Waals surface area (Å²) in [5.74, 6) is 7.03. The average Bonchev–Trinajstić information content (AvgIpc) is 2.93. The van der Waals surface area contributed by atoms with E-state index >= 15 is 0 Å². The third kappa shape index (κ3) is 1.17. The SMILES string of the molecule is N[N+]1(CC2CC2)N=Cc2ccccc21. The van der Waals surface area contributed by atoms with Crippen LogP contribution in [0.3, 0.4) is 0 Å². The number of hydrogen-bond donors (Lipinski definition) is 1. The molecule has 1 atom stereocenters. The molecule has 0 radical (unpaired) electrons. The smallest absolute Gasteiger partial charge is 0.148 e. The summed E-state index contributed by atoms with van der Waals surface area (Å²) in [7, 11) is 0. The van der Waals surface area contributed by atoms with Gasteiger partial charge in [-0.1, -0.05) is 21.9 Å². The molecule has 3 heteroatoms. The Bertz CT molecular complexity index is 395. The molecule has 0 saturated heterocycles. The summed E-state index contributed by atoms with van der Waals surface area (Å²) >= 11 is 0. The molecule has 3 rings (SSSR count). The normalized spacial score (nSPS) is 29.2. The number of nitrogens with zero attached hydrogens (tertiary/aromatic N) is 2. The van der Waals surface area contributed by atoms with E-state index in [1.165, 1.54) is 12.8 Å². The molecule has 2 aliphatic rings. The number of hydrogen-bond acceptors (Lipinski definition) is 2. The minimum Gasteiger partial charge on any atom is -0.148 e. The molecule has 14 heavy (non-hydrogen) atoms. The van der Waals surface area contributed by atoms with E-state index in [0.29, 0.717) is 0 Å². The lowest BCUT2D eigenvalue weighted by atomic mass is 10.2. The van der Waals surface area contributed by atoms with Crippen LogP contribution in [-0.4, -0.2) is 12.8 Å². The number of quaternary nitrogens is 1. The summed E-state index contributed by atoms with van der Waals surface area (Å²) in [5.41, 5.74) is 2.30. The highest BCUT2D eigenvalue weighted by atomic mass is 15.8. The van der Waals surface area contributed by atoms with Gasteiger partial charge in [0.15, 0.2) is 5.69 Å². The van der Waals surface area contributed by atoms with Gasteiger partial charge in [-0.2, -0.15) is 0 Å². The van der Waals surface area contributed by atoms with Gasteiger partial charge in [-0.15, -0.1) is 5.84 Å². The number of nitrogens with two attached hydrogens (primary N) is 1. The molecule has 1 saturated carbocycles. The average molecular weight is 188 g/mol. The van der Waals surface area contributed by atoms with Gasteiger partial charge < -0.3 is 0 Å². The molecule has 1 aromatic carbocycles. The van der Waals surface area contributed by atoms with E-state index < -0.39 is 0 Å². The third-order valence-corrected chi connectivity index (χ3v) is 2.99. The van der Waals surface area contributed by atoms with E-state index in [2.05, 4.69) is 17.2 Å². The first-order valence-electron chi connectivity index (χ1n) is 5.10. The molecule has 1 aliphatic carbocycles. The fourth-order valence-electron chi connectivity index (χ4n) is 2.02. The van der Waals surface area contributed by atoms with Crippen molar-refractivity contribution in [1.29, 1.82) is 0 Å². The topological polar surface area (TPSA) is 38.4 Å². The Hall–Kier alpha value is -1.19. The Labute approximate surface area is 83.4 Å². The van der Waals surface area contributed by atoms with Crippen LogP contribution in [0.1, 0.15) is 18.4 Å². The standard InChI is InChI=1S/C11H14N3/c12-14(8-9-5-6-9)11-4-2-1-3-10(11)7-13-14/h1-4,7,9H,5-6,8,12H2/q+1. The van der Waals surface area contributed by atoms with Crippen molar-refractivity contribution in [1.82, 2.24) is 4.70 Å². The zero-order valence-electron chi connectivity index (χ0n) is 8.06. The summed E-state index contributed by atoms with van der Waals surface area (Å²) in [6.07, 6.45) is 4.52. The van der Waals surface area contributed by atoms with Crippen LogP contribution < -0.4 is 10.5 Å². The van der Waals surface area contributed by atoms with Crippen molar-refractivity contribution in [3.8, 4) is 0 Å². The maximum absolute atomic E-state index is 6.25. The van der Waals surface area contributed by atoms with Crippen molar-refractivity contribution in [3.05, 3.63) is 29.8 Å². The van der Waals surface area contributed by atoms with Crippen molar-refractivity contribution < 1.29 is 0 Å². The lowest BCUT2D eigenvalue weighted by molar-refractivity contribution is 0.291. The second-order valence-electron chi connectivity index (χ2n) is 4.26. The number of para-hydroxylation sites is 1. The van der Waals surface area contributed by atoms with Crippen molar-refractivity contribution in [2.45, 2.75) is 12.8 Å². The maximum atomic E-state index is 6.25. The zero-order valence-corrected chi connectivity index (χ0v) is 8.06. The molecular weight excluding hydrogens is 174 g/mol. The predicted molar refractivity (Wildman–Crippen MR) is 57.6 cm³/mol. The Morgan fingerprint density at radius 3 is 2.93 bits per heavy atom. The van der Waals surface area contributed by atoms with Gasteiger partial charge in [0.2, 0.25) is 0 Å². The van der Waals surface area contributed by atoms with Gasteiger partial charge in [0, 0.05) is 12.0 Å². The van der Waals surface area contributed by atoms with E-state index in [-0.39, 0.29) is 4.70 Å². The lowest BCUT2D eigenvalue weighted by Crippen LogP contribution is -2.51. The van der Waals surface area contributed by atoms with Crippen molar-refractivity contribution in [2.75, 3.05) is 6.54 Å². The van der Waals surface area contributed by atoms with Crippen LogP contribution in [0.2, 0.25) is 0 Å². The molecule has 0 amide bonds. The minimum atomic E-state index is 0.265. The van der Waals surface area contributed by atoms with Gasteiger partial charge in [0.1, 0.15) is 6.54 Å². The van der Waals surface area contributed by atoms with Gasteiger partial charge in [-0.25, -0.2) is 0 Å². The largest absolute Gasteiger partial charge is 0.187 e. The van der Waals surface area contributed by atoms with Crippen LogP contribution in [0.4, 0.5) is 5.69 Å². The Kier molecular flexibility index (Phi) is 1.54. The first-order valence-corrected chi connectivity index (χ1v) is 5.10. The maximum Gasteiger partial charge on any atom is 0.187 e. The molecule has 1 fully saturated rings. The van der Waals surface area contributed by atoms with Gasteiger partial charge >= 0.3 is 0 Å². The second kappa shape index (κ2) is 2.65. The fourth-order valence-corrected chi connectivity index (χ4v) is 2.02. The first kappa shape index (κ1) is 8.15. The first-order chi connectivity index (χ1) is 6.78. The number of benzene rings is 1. The summed E-state index contributed by atoms with van der Waals surface area (Å²) in [4.78, 5) is 0. The summed E-state index contributed by atoms with van der Waals surface area (Å²) in [6, 6.07) is 8.20. The summed E-state index contributed by atoms with van der Waals surface area (Å²) in [6.45, 7) is 0.952. The molecule has 1 aliphatic heterocycles. The molecule has 1 heterocycles. The molecule has 1 aromatic rings. The van der Waals surface area contributed by atoms with Gasteiger partial charge in [-0.3, -0.25) is 0 Å². The Morgan fingerprint density at radius 1 is 1.36 bits per heavy atom. The van der Waals surface area contributed by atoms with Gasteiger partial charge in [0.05, 0.1) is 11.8 Å². The highest BCUT2D eigenvalue weighted by Crippen LogP contribution is 2.36. The van der Waals surface area contributed by atoms with Gasteiger partial charge in [0.25, 0.3) is 0 Å². The van der Waals surface area contributed by atoms with E-state index in [1.54, 1.807) is 0 Å². The van der Waals surface area contributed by atoms with Crippen LogP contribution in [0.25, 0.3) is 0 Å². The van der Waals surface area contributed by atoms with Crippen LogP contribution >= 0.6 is 0 Å². The molecule has 2 N–H and O–H groups in total. The van der Waals surface area contributed by atoms with Crippen LogP contribution in [-0.2, 0) is 0 Å². The van der Waals surface area contributed by atoms with Crippen LogP contribution in [0, 0.1) is 5.92 Å². The fraction of sp³-hybridized carbons (Fsp3) is 0.364. The lowest BCUT2D eigenvalue weighted by Gasteiger charge is -2.22. The van der Waals surface area contributed by atoms with Gasteiger partial charge in [-0.05, 0) is 18.9 Å². The summed E-state index contributed by atoms with van der Waals surface area (Å²) in [5, 5.41) is 4.41. The molecule has 1 unspecified atom stereocenters. The molecular formula is C11H14N3+. The number of fused-ring (bicyclic) bond motifs is 1. The third-order valence-electron chi connectivity index (χ3n) is 2.99. The second-order valence-corrected chi connectivity index (χ2v) is 4.26. The Morgan fingerprint density at radius 2 is 2.14 bits per heavy atom. The van der Waals surface area contributed by atoms with Crippen molar-refractivity contribution >= 4 is 11.9 Å². The van der Waals surface area contributed by atoms with E-state index in [1.807, 2.05) is 18.3 Å². The number of rotatable bonds is 2. The minimum absolute atomic E-state index is 0.265. The van der Waals surface area contributed by atoms with Crippen molar-refractivity contribution in [3.63, 3.8) is 0 Å². The van der Waals surface area contributed by atoms with Crippen LogP contribution in [0.5, 0.6) is 0 Å². The van der Waals surface area contributed by atoms with Crippen molar-refractivity contribution in [2.24, 2.45) is 16.9 Å². The van der Waals surface area contributed by atoms with Crippen LogP contribution in [0.15, 0.2) is 29.4 Å². The highest BCUT2D eigenvalue weighted by molar-refractivity contribution is 5.90. The molecule has 72 valence electrons. The van der Waals surface area contributed by atoms with E-state index in [9.17, 15) is 0 Å². The molecule has 0 spiro atoms. The highest BCUT2D eigenvalue weighted by Gasteiger charge is 2.39. The molecule has 3 nitrogen and oxygen atoms in total. The summed E-state index contributed by atoms with van der Waals surface area (Å²) < 4.78 is 0.265. The predicted octanol–water partition coefficient (Wildman–Crippen LogP) is 1.63. The molecule has 0 bridgehead atoms. The monoisotopic (exact) mass is 188 g/mol. The van der Waals surface area contributed by atoms with E-state index in [0.717, 1.165) is 23.7 Å². The van der Waals surface area contributed by atoms with E-state index in [4.69, 9.17) is 5.84 Å². The quantitative estimate of drug-likeness (QED) is 0.556. The Balaban J connectivity index is 1.98. The molecule has 0 aromatic heterocycles. The zero-order chi connectivity index (χ0) is 9.60.